The Morgan fingerprint density at radius 2 is 1.75 bits per heavy atom. The van der Waals surface area contributed by atoms with E-state index in [1.54, 1.807) is 36.3 Å². The van der Waals surface area contributed by atoms with Gasteiger partial charge < -0.3 is 14.5 Å². The number of nitrogens with zero attached hydrogens (tertiary/aromatic N) is 2. The second-order valence-corrected chi connectivity index (χ2v) is 8.56. The van der Waals surface area contributed by atoms with E-state index in [1.807, 2.05) is 0 Å². The van der Waals surface area contributed by atoms with E-state index in [2.05, 4.69) is 0 Å². The van der Waals surface area contributed by atoms with Gasteiger partial charge in [0.05, 0.1) is 17.7 Å². The molecule has 1 saturated heterocycles. The monoisotopic (exact) mass is 402 g/mol. The van der Waals surface area contributed by atoms with Gasteiger partial charge in [-0.05, 0) is 55.3 Å². The number of halogens is 1. The summed E-state index contributed by atoms with van der Waals surface area (Å²) in [7, 11) is -2.51. The van der Waals surface area contributed by atoms with E-state index in [0.29, 0.717) is 24.5 Å². The van der Waals surface area contributed by atoms with Crippen LogP contribution in [0.3, 0.4) is 0 Å². The van der Waals surface area contributed by atoms with Crippen molar-refractivity contribution < 1.29 is 22.3 Å². The molecule has 0 saturated carbocycles. The molecule has 2 aromatic carbocycles. The van der Waals surface area contributed by atoms with Crippen LogP contribution in [0.25, 0.3) is 0 Å². The highest BCUT2D eigenvalue weighted by atomic mass is 32.2. The number of carbonyl (C=O) groups is 1. The third-order valence-corrected chi connectivity index (χ3v) is 6.74. The number of amides is 1. The number of hydrogen-bond donors (Lipinski definition) is 0. The summed E-state index contributed by atoms with van der Waals surface area (Å²) in [6.45, 7) is 1.06. The number of rotatable bonds is 3. The highest BCUT2D eigenvalue weighted by Crippen LogP contribution is 2.41. The molecule has 0 N–H and O–H groups in total. The van der Waals surface area contributed by atoms with Crippen LogP contribution in [-0.4, -0.2) is 39.4 Å². The maximum atomic E-state index is 13.9. The Labute approximate surface area is 162 Å². The van der Waals surface area contributed by atoms with Crippen LogP contribution >= 0.6 is 0 Å². The predicted octanol–water partition coefficient (Wildman–Crippen LogP) is 3.22. The summed E-state index contributed by atoms with van der Waals surface area (Å²) < 4.78 is 45.3. The number of ether oxygens (including phenoxy) is 1. The van der Waals surface area contributed by atoms with Crippen molar-refractivity contribution in [3.05, 3.63) is 59.4 Å². The molecule has 146 valence electrons. The fourth-order valence-electron chi connectivity index (χ4n) is 3.48. The lowest BCUT2D eigenvalue weighted by atomic mass is 10.2. The summed E-state index contributed by atoms with van der Waals surface area (Å²) in [5.74, 6) is -0.452. The number of carbonyl (C=O) groups excluding carboxylic acids is 1. The topological polar surface area (TPSA) is 66.9 Å². The first kappa shape index (κ1) is 18.5. The van der Waals surface area contributed by atoms with E-state index < -0.39 is 21.6 Å². The first-order valence-corrected chi connectivity index (χ1v) is 10.4. The molecule has 0 spiro atoms. The van der Waals surface area contributed by atoms with Crippen LogP contribution in [0, 0.1) is 5.82 Å². The Morgan fingerprint density at radius 3 is 2.39 bits per heavy atom. The van der Waals surface area contributed by atoms with Crippen LogP contribution in [-0.2, 0) is 14.6 Å². The first-order chi connectivity index (χ1) is 13.4. The number of likely N-dealkylation sites (tertiary alicyclic amines) is 1. The van der Waals surface area contributed by atoms with Crippen molar-refractivity contribution in [1.82, 2.24) is 4.90 Å². The molecule has 0 aliphatic carbocycles. The fraction of sp³-hybridized carbons (Fsp3) is 0.250. The lowest BCUT2D eigenvalue weighted by molar-refractivity contribution is -0.125. The Hall–Kier alpha value is -2.87. The van der Waals surface area contributed by atoms with Gasteiger partial charge in [0.25, 0.3) is 5.91 Å². The molecule has 0 atom stereocenters. The molecule has 2 heterocycles. The summed E-state index contributed by atoms with van der Waals surface area (Å²) in [5.41, 5.74) is 0.761. The summed E-state index contributed by atoms with van der Waals surface area (Å²) >= 11 is 0. The predicted molar refractivity (Wildman–Crippen MR) is 103 cm³/mol. The number of sulfone groups is 1. The van der Waals surface area contributed by atoms with Gasteiger partial charge in [0, 0.05) is 25.0 Å². The van der Waals surface area contributed by atoms with E-state index in [4.69, 9.17) is 4.74 Å². The largest absolute Gasteiger partial charge is 0.497 e. The van der Waals surface area contributed by atoms with E-state index in [9.17, 15) is 17.6 Å². The van der Waals surface area contributed by atoms with Gasteiger partial charge in [-0.15, -0.1) is 0 Å². The van der Waals surface area contributed by atoms with Crippen molar-refractivity contribution >= 4 is 27.1 Å². The van der Waals surface area contributed by atoms with Crippen LogP contribution < -0.4 is 9.64 Å². The number of benzene rings is 2. The molecular weight excluding hydrogens is 383 g/mol. The van der Waals surface area contributed by atoms with Crippen molar-refractivity contribution in [2.24, 2.45) is 0 Å². The molecule has 2 aromatic rings. The molecular formula is C20H19FN2O4S. The maximum absolute atomic E-state index is 13.9. The van der Waals surface area contributed by atoms with Crippen LogP contribution in [0.15, 0.2) is 58.5 Å². The van der Waals surface area contributed by atoms with Crippen LogP contribution in [0.1, 0.15) is 12.8 Å². The number of hydrogen-bond acceptors (Lipinski definition) is 5. The highest BCUT2D eigenvalue weighted by Gasteiger charge is 2.38. The number of anilines is 2. The first-order valence-electron chi connectivity index (χ1n) is 8.91. The molecule has 4 rings (SSSR count). The lowest BCUT2D eigenvalue weighted by Gasteiger charge is -2.30. The highest BCUT2D eigenvalue weighted by molar-refractivity contribution is 7.96. The van der Waals surface area contributed by atoms with Crippen molar-refractivity contribution in [3.8, 4) is 5.75 Å². The van der Waals surface area contributed by atoms with Gasteiger partial charge in [-0.1, -0.05) is 0 Å². The van der Waals surface area contributed by atoms with Gasteiger partial charge in [0.15, 0.2) is 4.91 Å². The van der Waals surface area contributed by atoms with Crippen LogP contribution in [0.4, 0.5) is 15.8 Å². The van der Waals surface area contributed by atoms with Gasteiger partial charge in [-0.2, -0.15) is 0 Å². The van der Waals surface area contributed by atoms with Crippen LogP contribution in [0.5, 0.6) is 5.75 Å². The van der Waals surface area contributed by atoms with Gasteiger partial charge >= 0.3 is 0 Å². The Kier molecular flexibility index (Phi) is 4.58. The average Bonchev–Trinajstić information content (AvgIpc) is 3.22. The second-order valence-electron chi connectivity index (χ2n) is 6.68. The normalized spacial score (nSPS) is 17.9. The van der Waals surface area contributed by atoms with Gasteiger partial charge in [-0.25, -0.2) is 12.8 Å². The maximum Gasteiger partial charge on any atom is 0.267 e. The molecule has 0 unspecified atom stereocenters. The minimum atomic E-state index is -4.05. The van der Waals surface area contributed by atoms with Crippen molar-refractivity contribution in [2.75, 3.05) is 25.1 Å². The zero-order chi connectivity index (χ0) is 19.9. The molecule has 2 aliphatic rings. The molecule has 1 fully saturated rings. The van der Waals surface area contributed by atoms with Gasteiger partial charge in [-0.3, -0.25) is 4.79 Å². The third kappa shape index (κ3) is 3.03. The van der Waals surface area contributed by atoms with Crippen molar-refractivity contribution in [1.29, 1.82) is 0 Å². The molecule has 2 aliphatic heterocycles. The number of methoxy groups -OCH3 is 1. The Bertz CT molecular complexity index is 1060. The smallest absolute Gasteiger partial charge is 0.267 e. The zero-order valence-corrected chi connectivity index (χ0v) is 16.1. The summed E-state index contributed by atoms with van der Waals surface area (Å²) in [4.78, 5) is 15.6. The van der Waals surface area contributed by atoms with Gasteiger partial charge in [0.1, 0.15) is 11.6 Å². The standard InChI is InChI=1S/C20H19FN2O4S/c1-27-16-7-5-15(6-8-16)23-13-19(20(24)22-10-2-3-11-22)28(25,26)18-9-4-14(21)12-17(18)23/h4-9,12-13H,2-3,10-11H2,1H3. The Balaban J connectivity index is 1.87. The minimum absolute atomic E-state index is 0.0882. The van der Waals surface area contributed by atoms with E-state index in [0.717, 1.165) is 25.0 Å². The second kappa shape index (κ2) is 6.94. The van der Waals surface area contributed by atoms with Crippen molar-refractivity contribution in [3.63, 3.8) is 0 Å². The Morgan fingerprint density at radius 1 is 1.07 bits per heavy atom. The SMILES string of the molecule is COc1ccc(N2C=C(C(=O)N3CCCC3)S(=O)(=O)c3ccc(F)cc32)cc1. The molecule has 28 heavy (non-hydrogen) atoms. The van der Waals surface area contributed by atoms with E-state index in [1.165, 1.54) is 17.2 Å². The summed E-state index contributed by atoms with van der Waals surface area (Å²) in [6.07, 6.45) is 2.99. The average molecular weight is 402 g/mol. The fourth-order valence-corrected chi connectivity index (χ4v) is 5.00. The molecule has 0 aromatic heterocycles. The molecule has 0 bridgehead atoms. The summed E-state index contributed by atoms with van der Waals surface area (Å²) in [5, 5.41) is 0. The minimum Gasteiger partial charge on any atom is -0.497 e. The van der Waals surface area contributed by atoms with Gasteiger partial charge in [0.2, 0.25) is 9.84 Å². The van der Waals surface area contributed by atoms with E-state index >= 15 is 0 Å². The molecule has 1 amide bonds. The van der Waals surface area contributed by atoms with E-state index in [-0.39, 0.29) is 15.5 Å². The quantitative estimate of drug-likeness (QED) is 0.738. The molecule has 6 nitrogen and oxygen atoms in total. The number of fused-ring (bicyclic) bond motifs is 1. The van der Waals surface area contributed by atoms with Crippen molar-refractivity contribution in [2.45, 2.75) is 17.7 Å². The third-order valence-electron chi connectivity index (χ3n) is 4.96. The molecule has 8 heteroatoms. The van der Waals surface area contributed by atoms with Crippen LogP contribution in [0.2, 0.25) is 0 Å². The summed E-state index contributed by atoms with van der Waals surface area (Å²) in [6, 6.07) is 10.3. The zero-order valence-electron chi connectivity index (χ0n) is 15.3. The molecule has 0 radical (unpaired) electrons. The lowest BCUT2D eigenvalue weighted by Crippen LogP contribution is -2.35.